The number of anilines is 2. The Hall–Kier alpha value is -1.34. The van der Waals surface area contributed by atoms with E-state index in [9.17, 15) is 8.42 Å². The summed E-state index contributed by atoms with van der Waals surface area (Å²) in [6.07, 6.45) is 2.42. The number of benzene rings is 1. The zero-order valence-corrected chi connectivity index (χ0v) is 13.0. The fourth-order valence-corrected chi connectivity index (χ4v) is 3.45. The quantitative estimate of drug-likeness (QED) is 0.809. The Morgan fingerprint density at radius 1 is 1.30 bits per heavy atom. The maximum absolute atomic E-state index is 12.0. The number of nitrogens with one attached hydrogen (secondary N) is 1. The highest BCUT2D eigenvalue weighted by molar-refractivity contribution is 7.95. The van der Waals surface area contributed by atoms with Crippen molar-refractivity contribution in [2.24, 2.45) is 5.73 Å². The van der Waals surface area contributed by atoms with Crippen LogP contribution in [0.5, 0.6) is 0 Å². The van der Waals surface area contributed by atoms with Crippen molar-refractivity contribution in [1.29, 1.82) is 0 Å². The van der Waals surface area contributed by atoms with Crippen LogP contribution in [-0.2, 0) is 10.0 Å². The lowest BCUT2D eigenvalue weighted by Crippen LogP contribution is -2.35. The third-order valence-electron chi connectivity index (χ3n) is 3.46. The molecule has 0 spiro atoms. The molecule has 1 unspecified atom stereocenters. The van der Waals surface area contributed by atoms with E-state index in [0.717, 1.165) is 18.8 Å². The first kappa shape index (κ1) is 15.1. The largest absolute Gasteiger partial charge is 0.392 e. The van der Waals surface area contributed by atoms with Gasteiger partial charge in [-0.1, -0.05) is 12.2 Å². The molecule has 0 saturated carbocycles. The monoisotopic (exact) mass is 313 g/mol. The second-order valence-corrected chi connectivity index (χ2v) is 7.41. The molecule has 1 aromatic carbocycles. The first-order chi connectivity index (χ1) is 9.40. The van der Waals surface area contributed by atoms with E-state index in [1.54, 1.807) is 12.1 Å². The van der Waals surface area contributed by atoms with Crippen LogP contribution in [0.4, 0.5) is 11.4 Å². The predicted octanol–water partition coefficient (Wildman–Crippen LogP) is 1.70. The Kier molecular flexibility index (Phi) is 4.49. The summed E-state index contributed by atoms with van der Waals surface area (Å²) in [7, 11) is -3.57. The number of hydrogen-bond donors (Lipinski definition) is 2. The van der Waals surface area contributed by atoms with Crippen LogP contribution in [0.2, 0.25) is 0 Å². The van der Waals surface area contributed by atoms with Crippen molar-refractivity contribution in [3.63, 3.8) is 0 Å². The molecule has 0 aromatic heterocycles. The van der Waals surface area contributed by atoms with Gasteiger partial charge in [0.25, 0.3) is 0 Å². The topological polar surface area (TPSA) is 75.4 Å². The van der Waals surface area contributed by atoms with Crippen molar-refractivity contribution in [3.8, 4) is 0 Å². The van der Waals surface area contributed by atoms with Crippen molar-refractivity contribution in [2.45, 2.75) is 25.0 Å². The molecule has 1 saturated heterocycles. The second kappa shape index (κ2) is 5.97. The Balaban J connectivity index is 2.09. The van der Waals surface area contributed by atoms with Gasteiger partial charge in [0.05, 0.1) is 4.99 Å². The van der Waals surface area contributed by atoms with Crippen LogP contribution in [-0.4, -0.2) is 31.7 Å². The Labute approximate surface area is 125 Å². The van der Waals surface area contributed by atoms with Crippen LogP contribution >= 0.6 is 12.2 Å². The zero-order chi connectivity index (χ0) is 14.8. The molecule has 5 nitrogen and oxygen atoms in total. The third-order valence-corrected chi connectivity index (χ3v) is 5.67. The molecule has 0 radical (unpaired) electrons. The van der Waals surface area contributed by atoms with Crippen LogP contribution in [0, 0.1) is 0 Å². The van der Waals surface area contributed by atoms with E-state index < -0.39 is 15.3 Å². The van der Waals surface area contributed by atoms with Gasteiger partial charge in [0, 0.05) is 24.5 Å². The lowest BCUT2D eigenvalue weighted by atomic mass is 10.2. The van der Waals surface area contributed by atoms with Crippen LogP contribution in [0.3, 0.4) is 0 Å². The number of rotatable bonds is 5. The number of nitrogens with two attached hydrogens (primary N) is 1. The van der Waals surface area contributed by atoms with Gasteiger partial charge in [-0.05, 0) is 44.0 Å². The molecule has 1 atom stereocenters. The molecule has 1 aliphatic rings. The van der Waals surface area contributed by atoms with Gasteiger partial charge in [-0.3, -0.25) is 4.72 Å². The minimum atomic E-state index is -3.57. The van der Waals surface area contributed by atoms with Gasteiger partial charge in [-0.15, -0.1) is 0 Å². The van der Waals surface area contributed by atoms with E-state index in [-0.39, 0.29) is 4.99 Å². The summed E-state index contributed by atoms with van der Waals surface area (Å²) in [6.45, 7) is 3.59. The normalized spacial score (nSPS) is 16.9. The molecule has 1 aliphatic heterocycles. The fourth-order valence-electron chi connectivity index (χ4n) is 2.12. The first-order valence-corrected chi connectivity index (χ1v) is 8.51. The van der Waals surface area contributed by atoms with Crippen molar-refractivity contribution in [3.05, 3.63) is 24.3 Å². The van der Waals surface area contributed by atoms with Gasteiger partial charge in [0.1, 0.15) is 5.25 Å². The van der Waals surface area contributed by atoms with E-state index in [2.05, 4.69) is 9.62 Å². The molecule has 110 valence electrons. The highest BCUT2D eigenvalue weighted by Gasteiger charge is 2.23. The first-order valence-electron chi connectivity index (χ1n) is 6.56. The molecule has 0 aliphatic carbocycles. The standard InChI is InChI=1S/C13H19N3O2S2/c1-10(13(14)19)20(17,18)15-11-4-6-12(7-5-11)16-8-2-3-9-16/h4-7,10,15H,2-3,8-9H2,1H3,(H2,14,19). The van der Waals surface area contributed by atoms with Gasteiger partial charge >= 0.3 is 0 Å². The van der Waals surface area contributed by atoms with E-state index in [4.69, 9.17) is 18.0 Å². The summed E-state index contributed by atoms with van der Waals surface area (Å²) in [5.74, 6) is 0. The predicted molar refractivity (Wildman–Crippen MR) is 86.7 cm³/mol. The van der Waals surface area contributed by atoms with E-state index >= 15 is 0 Å². The van der Waals surface area contributed by atoms with E-state index in [1.807, 2.05) is 12.1 Å². The lowest BCUT2D eigenvalue weighted by molar-refractivity contribution is 0.598. The van der Waals surface area contributed by atoms with Crippen LogP contribution in [0.15, 0.2) is 24.3 Å². The van der Waals surface area contributed by atoms with Crippen LogP contribution in [0.1, 0.15) is 19.8 Å². The number of sulfonamides is 1. The van der Waals surface area contributed by atoms with Crippen LogP contribution in [0.25, 0.3) is 0 Å². The van der Waals surface area contributed by atoms with Crippen LogP contribution < -0.4 is 15.4 Å². The summed E-state index contributed by atoms with van der Waals surface area (Å²) in [5.41, 5.74) is 7.03. The average molecular weight is 313 g/mol. The molecular weight excluding hydrogens is 294 g/mol. The molecule has 1 aromatic rings. The minimum Gasteiger partial charge on any atom is -0.392 e. The van der Waals surface area contributed by atoms with Gasteiger partial charge in [0.15, 0.2) is 0 Å². The lowest BCUT2D eigenvalue weighted by Gasteiger charge is -2.18. The SMILES string of the molecule is CC(C(N)=S)S(=O)(=O)Nc1ccc(N2CCCC2)cc1. The molecule has 2 rings (SSSR count). The van der Waals surface area contributed by atoms with Crippen molar-refractivity contribution >= 4 is 38.6 Å². The molecule has 0 bridgehead atoms. The Bertz CT molecular complexity index is 578. The molecule has 1 fully saturated rings. The number of nitrogens with zero attached hydrogens (tertiary/aromatic N) is 1. The number of hydrogen-bond acceptors (Lipinski definition) is 4. The molecule has 3 N–H and O–H groups in total. The van der Waals surface area contributed by atoms with Crippen molar-refractivity contribution in [1.82, 2.24) is 0 Å². The maximum atomic E-state index is 12.0. The Morgan fingerprint density at radius 3 is 2.35 bits per heavy atom. The van der Waals surface area contributed by atoms with E-state index in [1.165, 1.54) is 19.8 Å². The minimum absolute atomic E-state index is 0.0359. The molecular formula is C13H19N3O2S2. The third kappa shape index (κ3) is 3.40. The number of thiocarbonyl (C=S) groups is 1. The van der Waals surface area contributed by atoms with E-state index in [0.29, 0.717) is 5.69 Å². The average Bonchev–Trinajstić information content (AvgIpc) is 2.92. The summed E-state index contributed by atoms with van der Waals surface area (Å²) in [5, 5.41) is -0.893. The highest BCUT2D eigenvalue weighted by atomic mass is 32.2. The summed E-state index contributed by atoms with van der Waals surface area (Å²) < 4.78 is 26.5. The summed E-state index contributed by atoms with van der Waals surface area (Å²) >= 11 is 4.73. The smallest absolute Gasteiger partial charge is 0.241 e. The van der Waals surface area contributed by atoms with Crippen molar-refractivity contribution < 1.29 is 8.42 Å². The summed E-state index contributed by atoms with van der Waals surface area (Å²) in [4.78, 5) is 2.25. The second-order valence-electron chi connectivity index (χ2n) is 4.93. The fraction of sp³-hybridized carbons (Fsp3) is 0.462. The molecule has 0 amide bonds. The van der Waals surface area contributed by atoms with Gasteiger partial charge in [-0.2, -0.15) is 0 Å². The highest BCUT2D eigenvalue weighted by Crippen LogP contribution is 2.22. The van der Waals surface area contributed by atoms with Gasteiger partial charge in [-0.25, -0.2) is 8.42 Å². The summed E-state index contributed by atoms with van der Waals surface area (Å²) in [6, 6.07) is 7.37. The molecule has 7 heteroatoms. The Morgan fingerprint density at radius 2 is 1.85 bits per heavy atom. The maximum Gasteiger partial charge on any atom is 0.241 e. The van der Waals surface area contributed by atoms with Gasteiger partial charge < -0.3 is 10.6 Å². The molecule has 1 heterocycles. The zero-order valence-electron chi connectivity index (χ0n) is 11.4. The van der Waals surface area contributed by atoms with Crippen molar-refractivity contribution in [2.75, 3.05) is 22.7 Å². The van der Waals surface area contributed by atoms with Gasteiger partial charge in [0.2, 0.25) is 10.0 Å². The molecule has 20 heavy (non-hydrogen) atoms.